The van der Waals surface area contributed by atoms with Crippen LogP contribution in [-0.2, 0) is 4.79 Å². The van der Waals surface area contributed by atoms with Crippen molar-refractivity contribution in [3.63, 3.8) is 0 Å². The predicted octanol–water partition coefficient (Wildman–Crippen LogP) is 2.37. The van der Waals surface area contributed by atoms with Gasteiger partial charge in [0, 0.05) is 6.04 Å². The van der Waals surface area contributed by atoms with Crippen molar-refractivity contribution in [1.29, 1.82) is 0 Å². The molecule has 0 spiro atoms. The number of furan rings is 1. The topological polar surface area (TPSA) is 70.8 Å². The molecule has 1 aromatic rings. The number of amides is 1. The molecule has 0 aromatic carbocycles. The maximum absolute atomic E-state index is 12.0. The van der Waals surface area contributed by atoms with Crippen LogP contribution in [0.5, 0.6) is 0 Å². The van der Waals surface area contributed by atoms with E-state index in [9.17, 15) is 9.59 Å². The highest BCUT2D eigenvalue weighted by atomic mass is 79.9. The van der Waals surface area contributed by atoms with Gasteiger partial charge < -0.3 is 14.4 Å². The molecule has 0 aliphatic rings. The Morgan fingerprint density at radius 1 is 1.53 bits per heavy atom. The van der Waals surface area contributed by atoms with Gasteiger partial charge in [0.2, 0.25) is 0 Å². The first kappa shape index (κ1) is 13.8. The summed E-state index contributed by atoms with van der Waals surface area (Å²) in [7, 11) is 0. The van der Waals surface area contributed by atoms with Crippen molar-refractivity contribution in [3.05, 3.63) is 22.6 Å². The van der Waals surface area contributed by atoms with E-state index < -0.39 is 11.9 Å². The van der Waals surface area contributed by atoms with Crippen molar-refractivity contribution in [1.82, 2.24) is 4.90 Å². The van der Waals surface area contributed by atoms with Crippen LogP contribution in [0.4, 0.5) is 0 Å². The number of carboxylic acids is 1. The molecule has 0 aliphatic heterocycles. The van der Waals surface area contributed by atoms with Crippen molar-refractivity contribution >= 4 is 27.8 Å². The first-order valence-electron chi connectivity index (χ1n) is 5.23. The van der Waals surface area contributed by atoms with Crippen molar-refractivity contribution in [3.8, 4) is 0 Å². The molecule has 1 amide bonds. The second kappa shape index (κ2) is 5.86. The van der Waals surface area contributed by atoms with E-state index in [0.717, 1.165) is 0 Å². The van der Waals surface area contributed by atoms with E-state index in [2.05, 4.69) is 15.9 Å². The zero-order valence-electron chi connectivity index (χ0n) is 9.64. The average molecular weight is 304 g/mol. The summed E-state index contributed by atoms with van der Waals surface area (Å²) in [5, 5.41) is 8.80. The quantitative estimate of drug-likeness (QED) is 0.906. The Morgan fingerprint density at radius 2 is 2.18 bits per heavy atom. The fourth-order valence-corrected chi connectivity index (χ4v) is 1.67. The maximum atomic E-state index is 12.0. The van der Waals surface area contributed by atoms with Crippen molar-refractivity contribution in [2.24, 2.45) is 0 Å². The molecule has 0 fully saturated rings. The summed E-state index contributed by atoms with van der Waals surface area (Å²) in [6.07, 6.45) is 0.681. The Kier molecular flexibility index (Phi) is 4.74. The number of aliphatic carboxylic acids is 1. The van der Waals surface area contributed by atoms with Crippen LogP contribution in [0, 0.1) is 0 Å². The minimum atomic E-state index is -1.04. The van der Waals surface area contributed by atoms with Gasteiger partial charge in [0.1, 0.15) is 6.54 Å². The molecule has 6 heteroatoms. The molecule has 1 rings (SSSR count). The van der Waals surface area contributed by atoms with Crippen LogP contribution < -0.4 is 0 Å². The highest BCUT2D eigenvalue weighted by Crippen LogP contribution is 2.17. The van der Waals surface area contributed by atoms with E-state index in [1.807, 2.05) is 6.92 Å². The van der Waals surface area contributed by atoms with Crippen LogP contribution in [-0.4, -0.2) is 34.5 Å². The lowest BCUT2D eigenvalue weighted by molar-refractivity contribution is -0.138. The molecule has 0 radical (unpaired) electrons. The Bertz CT molecular complexity index is 415. The van der Waals surface area contributed by atoms with Gasteiger partial charge in [0.15, 0.2) is 10.4 Å². The molecule has 0 aliphatic carbocycles. The van der Waals surface area contributed by atoms with Crippen LogP contribution in [0.1, 0.15) is 30.8 Å². The van der Waals surface area contributed by atoms with E-state index in [-0.39, 0.29) is 18.3 Å². The molecule has 1 N–H and O–H groups in total. The highest BCUT2D eigenvalue weighted by Gasteiger charge is 2.25. The standard InChI is InChI=1S/C11H14BrNO4/c1-3-7(2)13(6-10(14)15)11(16)8-4-5-9(12)17-8/h4-5,7H,3,6H2,1-2H3,(H,14,15). The number of nitrogens with zero attached hydrogens (tertiary/aromatic N) is 1. The molecule has 0 saturated carbocycles. The predicted molar refractivity (Wildman–Crippen MR) is 64.8 cm³/mol. The van der Waals surface area contributed by atoms with E-state index in [1.165, 1.54) is 11.0 Å². The number of hydrogen-bond donors (Lipinski definition) is 1. The molecule has 17 heavy (non-hydrogen) atoms. The van der Waals surface area contributed by atoms with Gasteiger partial charge in [-0.2, -0.15) is 0 Å². The molecule has 94 valence electrons. The van der Waals surface area contributed by atoms with Crippen molar-refractivity contribution in [2.75, 3.05) is 6.54 Å². The van der Waals surface area contributed by atoms with Crippen LogP contribution in [0.15, 0.2) is 21.2 Å². The molecule has 1 unspecified atom stereocenters. The lowest BCUT2D eigenvalue weighted by Gasteiger charge is -2.25. The molecule has 0 saturated heterocycles. The third-order valence-corrected chi connectivity index (χ3v) is 2.90. The second-order valence-corrected chi connectivity index (χ2v) is 4.47. The summed E-state index contributed by atoms with van der Waals surface area (Å²) < 4.78 is 5.58. The molecule has 1 atom stereocenters. The minimum absolute atomic E-state index is 0.137. The molecule has 1 aromatic heterocycles. The zero-order valence-corrected chi connectivity index (χ0v) is 11.2. The smallest absolute Gasteiger partial charge is 0.323 e. The molecule has 0 bridgehead atoms. The largest absolute Gasteiger partial charge is 0.480 e. The van der Waals surface area contributed by atoms with Gasteiger partial charge in [-0.15, -0.1) is 0 Å². The molecule has 5 nitrogen and oxygen atoms in total. The van der Waals surface area contributed by atoms with Crippen molar-refractivity contribution in [2.45, 2.75) is 26.3 Å². The fourth-order valence-electron chi connectivity index (χ4n) is 1.36. The molecular weight excluding hydrogens is 290 g/mol. The Balaban J connectivity index is 2.89. The summed E-state index contributed by atoms with van der Waals surface area (Å²) >= 11 is 3.10. The van der Waals surface area contributed by atoms with Gasteiger partial charge in [-0.05, 0) is 41.4 Å². The lowest BCUT2D eigenvalue weighted by atomic mass is 10.2. The summed E-state index contributed by atoms with van der Waals surface area (Å²) in [6, 6.07) is 2.97. The zero-order chi connectivity index (χ0) is 13.0. The normalized spacial score (nSPS) is 12.2. The Morgan fingerprint density at radius 3 is 2.59 bits per heavy atom. The number of carbonyl (C=O) groups is 2. The Hall–Kier alpha value is -1.30. The number of hydrogen-bond acceptors (Lipinski definition) is 3. The number of halogens is 1. The Labute approximate surface area is 108 Å². The third-order valence-electron chi connectivity index (χ3n) is 2.47. The lowest BCUT2D eigenvalue weighted by Crippen LogP contribution is -2.41. The summed E-state index contributed by atoms with van der Waals surface area (Å²) in [5.41, 5.74) is 0. The highest BCUT2D eigenvalue weighted by molar-refractivity contribution is 9.10. The van der Waals surface area contributed by atoms with E-state index in [4.69, 9.17) is 9.52 Å². The van der Waals surface area contributed by atoms with Gasteiger partial charge in [-0.25, -0.2) is 0 Å². The summed E-state index contributed by atoms with van der Waals surface area (Å²) in [6.45, 7) is 3.37. The van der Waals surface area contributed by atoms with Crippen LogP contribution in [0.25, 0.3) is 0 Å². The van der Waals surface area contributed by atoms with E-state index in [1.54, 1.807) is 13.0 Å². The van der Waals surface area contributed by atoms with Gasteiger partial charge >= 0.3 is 5.97 Å². The van der Waals surface area contributed by atoms with Gasteiger partial charge in [0.05, 0.1) is 0 Å². The van der Waals surface area contributed by atoms with Crippen LogP contribution >= 0.6 is 15.9 Å². The number of carbonyl (C=O) groups excluding carboxylic acids is 1. The monoisotopic (exact) mass is 303 g/mol. The number of carboxylic acid groups (broad SMARTS) is 1. The third kappa shape index (κ3) is 3.59. The first-order valence-corrected chi connectivity index (χ1v) is 6.03. The van der Waals surface area contributed by atoms with Gasteiger partial charge in [0.25, 0.3) is 5.91 Å². The molecule has 1 heterocycles. The van der Waals surface area contributed by atoms with Crippen LogP contribution in [0.3, 0.4) is 0 Å². The molecular formula is C11H14BrNO4. The minimum Gasteiger partial charge on any atom is -0.480 e. The second-order valence-electron chi connectivity index (χ2n) is 3.69. The van der Waals surface area contributed by atoms with Gasteiger partial charge in [-0.1, -0.05) is 6.92 Å². The number of rotatable bonds is 5. The van der Waals surface area contributed by atoms with Crippen molar-refractivity contribution < 1.29 is 19.1 Å². The fraction of sp³-hybridized carbons (Fsp3) is 0.455. The van der Waals surface area contributed by atoms with Crippen LogP contribution in [0.2, 0.25) is 0 Å². The summed E-state index contributed by atoms with van der Waals surface area (Å²) in [5.74, 6) is -1.31. The van der Waals surface area contributed by atoms with Gasteiger partial charge in [-0.3, -0.25) is 9.59 Å². The van der Waals surface area contributed by atoms with E-state index in [0.29, 0.717) is 11.1 Å². The summed E-state index contributed by atoms with van der Waals surface area (Å²) in [4.78, 5) is 24.1. The maximum Gasteiger partial charge on any atom is 0.323 e. The van der Waals surface area contributed by atoms with E-state index >= 15 is 0 Å². The first-order chi connectivity index (χ1) is 7.95. The SMILES string of the molecule is CCC(C)N(CC(=O)O)C(=O)c1ccc(Br)o1. The average Bonchev–Trinajstić information content (AvgIpc) is 2.70.